The molecule has 0 aromatic rings. The largest absolute Gasteiger partial charge is 0.756 e. The van der Waals surface area contributed by atoms with E-state index in [1.165, 1.54) is 114 Å². The lowest BCUT2D eigenvalue weighted by Gasteiger charge is -2.37. The second kappa shape index (κ2) is 32.5. The van der Waals surface area contributed by atoms with Gasteiger partial charge in [0, 0.05) is 12.8 Å². The molecule has 350 valence electrons. The van der Waals surface area contributed by atoms with Gasteiger partial charge in [0.2, 0.25) is 0 Å². The van der Waals surface area contributed by atoms with E-state index in [2.05, 4.69) is 13.8 Å². The van der Waals surface area contributed by atoms with E-state index in [9.17, 15) is 24.3 Å². The average Bonchev–Trinajstić information content (AvgIpc) is 3.40. The zero-order valence-corrected chi connectivity index (χ0v) is 40.0. The van der Waals surface area contributed by atoms with Crippen LogP contribution in [0, 0.1) is 0 Å². The predicted octanol–water partition coefficient (Wildman–Crippen LogP) is 11.2. The number of carbonyl (C=O) groups excluding carboxylic acids is 2. The zero-order chi connectivity index (χ0) is 43.9. The SMILES string of the molecule is CCCCCCCCCCCCCCCC(=O)OCC(COP(=O)([O-])OCC[N+](C)(C)C)OC(=O)CCCCCC1(CCCCCCCCCCC)OCC(C)(C)N1O. The van der Waals surface area contributed by atoms with E-state index in [-0.39, 0.29) is 26.1 Å². The number of carbonyl (C=O) groups is 2. The number of unbranched alkanes of at least 4 members (excludes halogenated alkanes) is 22. The van der Waals surface area contributed by atoms with Crippen LogP contribution < -0.4 is 4.89 Å². The first-order valence-electron chi connectivity index (χ1n) is 23.9. The van der Waals surface area contributed by atoms with Crippen LogP contribution in [-0.4, -0.2) is 98.2 Å². The number of hydrogen-bond acceptors (Lipinski definition) is 11. The summed E-state index contributed by atoms with van der Waals surface area (Å²) in [5.74, 6) is -0.936. The summed E-state index contributed by atoms with van der Waals surface area (Å²) >= 11 is 0. The molecule has 1 aliphatic rings. The van der Waals surface area contributed by atoms with Gasteiger partial charge < -0.3 is 37.8 Å². The molecule has 1 fully saturated rings. The molecule has 3 atom stereocenters. The van der Waals surface area contributed by atoms with Gasteiger partial charge in [-0.15, -0.1) is 0 Å². The molecule has 1 N–H and O–H groups in total. The van der Waals surface area contributed by atoms with Crippen molar-refractivity contribution in [3.8, 4) is 0 Å². The zero-order valence-electron chi connectivity index (χ0n) is 39.1. The number of phosphoric ester groups is 1. The number of hydrogen-bond donors (Lipinski definition) is 1. The Labute approximate surface area is 361 Å². The topological polar surface area (TPSA) is 144 Å². The number of nitrogens with zero attached hydrogens (tertiary/aromatic N) is 2. The van der Waals surface area contributed by atoms with E-state index in [1.807, 2.05) is 35.0 Å². The first kappa shape index (κ1) is 55.9. The summed E-state index contributed by atoms with van der Waals surface area (Å²) in [5.41, 5.74) is -1.20. The molecule has 59 heavy (non-hydrogen) atoms. The van der Waals surface area contributed by atoms with Gasteiger partial charge in [0.25, 0.3) is 7.82 Å². The Hall–Kier alpha value is -1.11. The molecule has 1 heterocycles. The predicted molar refractivity (Wildman–Crippen MR) is 235 cm³/mol. The molecular formula is C46H91N2O10P. The Morgan fingerprint density at radius 2 is 1.10 bits per heavy atom. The van der Waals surface area contributed by atoms with E-state index >= 15 is 0 Å². The number of esters is 2. The van der Waals surface area contributed by atoms with Gasteiger partial charge in [-0.1, -0.05) is 149 Å². The maximum absolute atomic E-state index is 13.0. The second-order valence-corrected chi connectivity index (χ2v) is 20.3. The molecule has 0 aromatic carbocycles. The molecule has 0 spiro atoms. The van der Waals surface area contributed by atoms with Crippen LogP contribution in [-0.2, 0) is 37.4 Å². The number of quaternary nitrogens is 1. The van der Waals surface area contributed by atoms with Gasteiger partial charge in [-0.3, -0.25) is 14.2 Å². The molecule has 0 bridgehead atoms. The Kier molecular flexibility index (Phi) is 30.8. The normalized spacial score (nSPS) is 18.5. The highest BCUT2D eigenvalue weighted by Crippen LogP contribution is 2.41. The van der Waals surface area contributed by atoms with E-state index in [4.69, 9.17) is 23.3 Å². The molecule has 1 aliphatic heterocycles. The summed E-state index contributed by atoms with van der Waals surface area (Å²) in [4.78, 5) is 38.0. The lowest BCUT2D eigenvalue weighted by Crippen LogP contribution is -2.50. The van der Waals surface area contributed by atoms with E-state index in [0.717, 1.165) is 44.9 Å². The van der Waals surface area contributed by atoms with Gasteiger partial charge in [0.1, 0.15) is 25.5 Å². The molecule has 0 aromatic heterocycles. The number of phosphoric acid groups is 1. The van der Waals surface area contributed by atoms with E-state index < -0.39 is 43.7 Å². The van der Waals surface area contributed by atoms with Crippen molar-refractivity contribution in [3.63, 3.8) is 0 Å². The van der Waals surface area contributed by atoms with Crippen LogP contribution in [0.4, 0.5) is 0 Å². The number of ether oxygens (including phenoxy) is 3. The monoisotopic (exact) mass is 863 g/mol. The summed E-state index contributed by atoms with van der Waals surface area (Å²) in [6.07, 6.45) is 29.4. The van der Waals surface area contributed by atoms with Crippen molar-refractivity contribution in [2.45, 2.75) is 231 Å². The summed E-state index contributed by atoms with van der Waals surface area (Å²) < 4.78 is 40.5. The highest BCUT2D eigenvalue weighted by atomic mass is 31.2. The van der Waals surface area contributed by atoms with Crippen LogP contribution in [0.5, 0.6) is 0 Å². The highest BCUT2D eigenvalue weighted by molar-refractivity contribution is 7.45. The first-order valence-corrected chi connectivity index (χ1v) is 25.4. The van der Waals surface area contributed by atoms with Crippen LogP contribution in [0.25, 0.3) is 0 Å². The van der Waals surface area contributed by atoms with Crippen molar-refractivity contribution >= 4 is 19.8 Å². The molecule has 0 saturated carbocycles. The van der Waals surface area contributed by atoms with Gasteiger partial charge in [-0.2, -0.15) is 5.06 Å². The van der Waals surface area contributed by atoms with Gasteiger partial charge in [-0.25, -0.2) is 0 Å². The van der Waals surface area contributed by atoms with Crippen molar-refractivity contribution in [2.24, 2.45) is 0 Å². The van der Waals surface area contributed by atoms with Crippen molar-refractivity contribution in [3.05, 3.63) is 0 Å². The van der Waals surface area contributed by atoms with Gasteiger partial charge in [0.05, 0.1) is 39.9 Å². The van der Waals surface area contributed by atoms with Gasteiger partial charge in [-0.05, 0) is 52.4 Å². The summed E-state index contributed by atoms with van der Waals surface area (Å²) in [7, 11) is 1.08. The van der Waals surface area contributed by atoms with E-state index in [1.54, 1.807) is 0 Å². The molecule has 3 unspecified atom stereocenters. The molecule has 1 saturated heterocycles. The van der Waals surface area contributed by atoms with Crippen molar-refractivity contribution in [1.82, 2.24) is 5.06 Å². The fraction of sp³-hybridized carbons (Fsp3) is 0.957. The van der Waals surface area contributed by atoms with Crippen molar-refractivity contribution in [1.29, 1.82) is 0 Å². The third-order valence-electron chi connectivity index (χ3n) is 11.4. The van der Waals surface area contributed by atoms with Crippen molar-refractivity contribution in [2.75, 3.05) is 54.1 Å². The Morgan fingerprint density at radius 1 is 0.678 bits per heavy atom. The maximum atomic E-state index is 13.0. The van der Waals surface area contributed by atoms with Crippen LogP contribution in [0.1, 0.15) is 214 Å². The van der Waals surface area contributed by atoms with E-state index in [0.29, 0.717) is 36.9 Å². The molecule has 1 rings (SSSR count). The average molecular weight is 863 g/mol. The molecule has 12 nitrogen and oxygen atoms in total. The smallest absolute Gasteiger partial charge is 0.306 e. The maximum Gasteiger partial charge on any atom is 0.306 e. The Balaban J connectivity index is 2.54. The lowest BCUT2D eigenvalue weighted by molar-refractivity contribution is -0.870. The van der Waals surface area contributed by atoms with Crippen LogP contribution in [0.2, 0.25) is 0 Å². The molecular weight excluding hydrogens is 771 g/mol. The molecule has 13 heteroatoms. The standard InChI is InChI=1S/C46H91N2O10P/c1-8-10-12-14-16-18-19-20-21-22-24-26-29-33-43(49)54-39-42(40-57-59(52,53)56-38-37-48(5,6)7)58-44(50)34-30-28-32-36-46(47(51)45(3,4)41-55-46)35-31-27-25-23-17-15-13-11-9-2/h42,51H,8-41H2,1-7H3. The Bertz CT molecular complexity index is 1120. The van der Waals surface area contributed by atoms with Crippen LogP contribution >= 0.6 is 7.82 Å². The first-order chi connectivity index (χ1) is 28.1. The second-order valence-electron chi connectivity index (χ2n) is 18.9. The van der Waals surface area contributed by atoms with Crippen LogP contribution in [0.3, 0.4) is 0 Å². The minimum atomic E-state index is -4.68. The summed E-state index contributed by atoms with van der Waals surface area (Å²) in [6, 6.07) is 0. The molecule has 0 amide bonds. The summed E-state index contributed by atoms with van der Waals surface area (Å²) in [6.45, 7) is 8.50. The number of hydroxylamine groups is 2. The summed E-state index contributed by atoms with van der Waals surface area (Å²) in [5, 5.41) is 12.6. The minimum Gasteiger partial charge on any atom is -0.756 e. The Morgan fingerprint density at radius 3 is 1.54 bits per heavy atom. The van der Waals surface area contributed by atoms with Crippen LogP contribution in [0.15, 0.2) is 0 Å². The quantitative estimate of drug-likeness (QED) is 0.0272. The lowest BCUT2D eigenvalue weighted by atomic mass is 9.95. The highest BCUT2D eigenvalue weighted by Gasteiger charge is 2.50. The third kappa shape index (κ3) is 29.0. The van der Waals surface area contributed by atoms with Crippen molar-refractivity contribution < 1.29 is 52.0 Å². The number of likely N-dealkylation sites (N-methyl/N-ethyl adjacent to an activating group) is 1. The number of rotatable bonds is 40. The molecule has 0 radical (unpaired) electrons. The minimum absolute atomic E-state index is 0.0557. The fourth-order valence-electron chi connectivity index (χ4n) is 7.57. The molecule has 0 aliphatic carbocycles. The van der Waals surface area contributed by atoms with Gasteiger partial charge >= 0.3 is 11.9 Å². The van der Waals surface area contributed by atoms with Gasteiger partial charge in [0.15, 0.2) is 6.10 Å². The third-order valence-corrected chi connectivity index (χ3v) is 12.4. The fourth-order valence-corrected chi connectivity index (χ4v) is 8.30.